The molecule has 1 rings (SSSR count). The molecule has 3 atom stereocenters. The average molecular weight is 160 g/mol. The fourth-order valence-corrected chi connectivity index (χ4v) is 1.57. The van der Waals surface area contributed by atoms with E-state index in [1.165, 1.54) is 0 Å². The third-order valence-corrected chi connectivity index (χ3v) is 2.32. The van der Waals surface area contributed by atoms with E-state index in [0.29, 0.717) is 5.92 Å². The van der Waals surface area contributed by atoms with Crippen molar-refractivity contribution in [2.45, 2.75) is 45.8 Å². The molecule has 1 saturated carbocycles. The number of hydrogen-bond donors (Lipinski definition) is 1. The van der Waals surface area contributed by atoms with Crippen molar-refractivity contribution in [1.82, 2.24) is 0 Å². The lowest BCUT2D eigenvalue weighted by molar-refractivity contribution is -0.0481. The molecule has 0 aromatic heterocycles. The maximum Gasteiger partial charge on any atom is 0.0832 e. The van der Waals surface area contributed by atoms with Gasteiger partial charge < -0.3 is 9.84 Å². The molecule has 2 nitrogen and oxygen atoms in total. The second-order valence-electron chi connectivity index (χ2n) is 3.26. The lowest BCUT2D eigenvalue weighted by Crippen LogP contribution is -2.34. The monoisotopic (exact) mass is 160 g/mol. The molecule has 1 aliphatic rings. The Morgan fingerprint density at radius 3 is 2.45 bits per heavy atom. The predicted octanol–water partition coefficient (Wildman–Crippen LogP) is 1.82. The zero-order valence-electron chi connectivity index (χ0n) is 6.71. The van der Waals surface area contributed by atoms with Gasteiger partial charge in [0.2, 0.25) is 0 Å². The van der Waals surface area contributed by atoms with Crippen LogP contribution in [0.1, 0.15) is 33.6 Å². The van der Waals surface area contributed by atoms with E-state index in [-0.39, 0.29) is 19.6 Å². The maximum absolute atomic E-state index is 9.36. The van der Waals surface area contributed by atoms with Gasteiger partial charge in [-0.05, 0) is 25.2 Å². The third kappa shape index (κ3) is 2.80. The van der Waals surface area contributed by atoms with Gasteiger partial charge in [-0.2, -0.15) is 0 Å². The molecule has 0 unspecified atom stereocenters. The van der Waals surface area contributed by atoms with Crippen LogP contribution >= 0.6 is 0 Å². The van der Waals surface area contributed by atoms with Gasteiger partial charge in [-0.1, -0.05) is 14.4 Å². The van der Waals surface area contributed by atoms with Gasteiger partial charge in [-0.15, -0.1) is 0 Å². The molecule has 0 aromatic carbocycles. The van der Waals surface area contributed by atoms with Gasteiger partial charge in [0.05, 0.1) is 12.2 Å². The standard InChI is InChI=1S/C8H16O2.CH4/c1-6-3-4-7(9)8(5-6)10-2;/h6-9H,3-5H2,1-2H3;1H4/t6-,7-,8-;/m1./s1. The van der Waals surface area contributed by atoms with E-state index in [2.05, 4.69) is 6.92 Å². The molecule has 0 heterocycles. The van der Waals surface area contributed by atoms with Gasteiger partial charge in [0.1, 0.15) is 0 Å². The van der Waals surface area contributed by atoms with Gasteiger partial charge >= 0.3 is 0 Å². The molecule has 68 valence electrons. The Kier molecular flexibility index (Phi) is 4.69. The summed E-state index contributed by atoms with van der Waals surface area (Å²) in [5.41, 5.74) is 0. The molecule has 0 aromatic rings. The fraction of sp³-hybridized carbons (Fsp3) is 1.00. The first-order chi connectivity index (χ1) is 4.74. The average Bonchev–Trinajstić information content (AvgIpc) is 1.94. The van der Waals surface area contributed by atoms with Crippen molar-refractivity contribution < 1.29 is 9.84 Å². The first kappa shape index (κ1) is 10.9. The summed E-state index contributed by atoms with van der Waals surface area (Å²) in [6.45, 7) is 2.21. The lowest BCUT2D eigenvalue weighted by atomic mass is 9.87. The van der Waals surface area contributed by atoms with E-state index in [4.69, 9.17) is 4.74 Å². The Labute approximate surface area is 69.6 Å². The first-order valence-electron chi connectivity index (χ1n) is 3.95. The van der Waals surface area contributed by atoms with Gasteiger partial charge in [0.15, 0.2) is 0 Å². The topological polar surface area (TPSA) is 29.5 Å². The van der Waals surface area contributed by atoms with Crippen molar-refractivity contribution in [3.05, 3.63) is 0 Å². The van der Waals surface area contributed by atoms with Crippen LogP contribution in [0, 0.1) is 5.92 Å². The minimum Gasteiger partial charge on any atom is -0.390 e. The maximum atomic E-state index is 9.36. The highest BCUT2D eigenvalue weighted by atomic mass is 16.5. The Balaban J connectivity index is 0.000001000. The van der Waals surface area contributed by atoms with Crippen molar-refractivity contribution in [2.75, 3.05) is 7.11 Å². The van der Waals surface area contributed by atoms with E-state index in [9.17, 15) is 5.11 Å². The second-order valence-corrected chi connectivity index (χ2v) is 3.26. The van der Waals surface area contributed by atoms with E-state index < -0.39 is 0 Å². The smallest absolute Gasteiger partial charge is 0.0832 e. The molecule has 0 bridgehead atoms. The number of methoxy groups -OCH3 is 1. The highest BCUT2D eigenvalue weighted by Gasteiger charge is 2.26. The largest absolute Gasteiger partial charge is 0.390 e. The highest BCUT2D eigenvalue weighted by Crippen LogP contribution is 2.25. The summed E-state index contributed by atoms with van der Waals surface area (Å²) in [7, 11) is 1.67. The van der Waals surface area contributed by atoms with Gasteiger partial charge in [-0.25, -0.2) is 0 Å². The molecule has 1 N–H and O–H groups in total. The Bertz CT molecular complexity index is 104. The van der Waals surface area contributed by atoms with Crippen LogP contribution in [0.4, 0.5) is 0 Å². The molecule has 1 aliphatic carbocycles. The van der Waals surface area contributed by atoms with Crippen LogP contribution in [0.25, 0.3) is 0 Å². The Morgan fingerprint density at radius 2 is 2.00 bits per heavy atom. The fourth-order valence-electron chi connectivity index (χ4n) is 1.57. The zero-order valence-corrected chi connectivity index (χ0v) is 6.71. The van der Waals surface area contributed by atoms with Crippen molar-refractivity contribution >= 4 is 0 Å². The SMILES string of the molecule is C.CO[C@@H]1C[C@H](C)CC[C@H]1O. The summed E-state index contributed by atoms with van der Waals surface area (Å²) in [6.07, 6.45) is 2.92. The first-order valence-corrected chi connectivity index (χ1v) is 3.95. The van der Waals surface area contributed by atoms with Crippen molar-refractivity contribution in [1.29, 1.82) is 0 Å². The summed E-state index contributed by atoms with van der Waals surface area (Å²) in [5, 5.41) is 9.36. The lowest BCUT2D eigenvalue weighted by Gasteiger charge is -2.30. The Hall–Kier alpha value is -0.0800. The third-order valence-electron chi connectivity index (χ3n) is 2.32. The number of hydrogen-bond acceptors (Lipinski definition) is 2. The number of aliphatic hydroxyl groups excluding tert-OH is 1. The summed E-state index contributed by atoms with van der Waals surface area (Å²) in [6, 6.07) is 0. The molecule has 1 fully saturated rings. The summed E-state index contributed by atoms with van der Waals surface area (Å²) >= 11 is 0. The van der Waals surface area contributed by atoms with Crippen molar-refractivity contribution in [3.8, 4) is 0 Å². The normalized spacial score (nSPS) is 37.9. The van der Waals surface area contributed by atoms with E-state index in [1.807, 2.05) is 0 Å². The molecular formula is C9H20O2. The number of aliphatic hydroxyl groups is 1. The van der Waals surface area contributed by atoms with Crippen LogP contribution in [0.3, 0.4) is 0 Å². The molecular weight excluding hydrogens is 140 g/mol. The van der Waals surface area contributed by atoms with E-state index in [0.717, 1.165) is 19.3 Å². The second kappa shape index (κ2) is 4.73. The molecule has 0 radical (unpaired) electrons. The number of rotatable bonds is 1. The van der Waals surface area contributed by atoms with Crippen LogP contribution in [0.2, 0.25) is 0 Å². The molecule has 0 amide bonds. The molecule has 0 aliphatic heterocycles. The minimum absolute atomic E-state index is 0. The van der Waals surface area contributed by atoms with Crippen LogP contribution in [0.5, 0.6) is 0 Å². The van der Waals surface area contributed by atoms with Crippen molar-refractivity contribution in [3.63, 3.8) is 0 Å². The molecule has 2 heteroatoms. The van der Waals surface area contributed by atoms with Crippen LogP contribution < -0.4 is 0 Å². The predicted molar refractivity (Wildman–Crippen MR) is 46.5 cm³/mol. The molecule has 0 spiro atoms. The van der Waals surface area contributed by atoms with Crippen molar-refractivity contribution in [2.24, 2.45) is 5.92 Å². The van der Waals surface area contributed by atoms with Gasteiger partial charge in [0, 0.05) is 7.11 Å². The van der Waals surface area contributed by atoms with E-state index >= 15 is 0 Å². The van der Waals surface area contributed by atoms with Gasteiger partial charge in [-0.3, -0.25) is 0 Å². The summed E-state index contributed by atoms with van der Waals surface area (Å²) < 4.78 is 5.12. The molecule has 0 saturated heterocycles. The summed E-state index contributed by atoms with van der Waals surface area (Å²) in [5.74, 6) is 0.716. The van der Waals surface area contributed by atoms with Crippen LogP contribution in [-0.2, 0) is 4.74 Å². The summed E-state index contributed by atoms with van der Waals surface area (Å²) in [4.78, 5) is 0. The highest BCUT2D eigenvalue weighted by molar-refractivity contribution is 4.77. The van der Waals surface area contributed by atoms with E-state index in [1.54, 1.807) is 7.11 Å². The van der Waals surface area contributed by atoms with Crippen LogP contribution in [0.15, 0.2) is 0 Å². The minimum atomic E-state index is -0.221. The number of ether oxygens (including phenoxy) is 1. The molecule has 11 heavy (non-hydrogen) atoms. The quantitative estimate of drug-likeness (QED) is 0.634. The van der Waals surface area contributed by atoms with Gasteiger partial charge in [0.25, 0.3) is 0 Å². The van der Waals surface area contributed by atoms with Crippen LogP contribution in [-0.4, -0.2) is 24.4 Å². The zero-order chi connectivity index (χ0) is 7.56. The Morgan fingerprint density at radius 1 is 1.36 bits per heavy atom.